The van der Waals surface area contributed by atoms with E-state index in [1.165, 1.54) is 6.39 Å². The van der Waals surface area contributed by atoms with Crippen LogP contribution in [0.2, 0.25) is 0 Å². The molecule has 116 valence electrons. The average Bonchev–Trinajstić information content (AvgIpc) is 3.11. The van der Waals surface area contributed by atoms with Crippen molar-refractivity contribution in [3.63, 3.8) is 0 Å². The first-order chi connectivity index (χ1) is 11.3. The summed E-state index contributed by atoms with van der Waals surface area (Å²) >= 11 is 0. The minimum absolute atomic E-state index is 0.0244. The van der Waals surface area contributed by atoms with E-state index in [2.05, 4.69) is 20.5 Å². The van der Waals surface area contributed by atoms with Crippen LogP contribution in [0.5, 0.6) is 0 Å². The Balaban J connectivity index is 1.53. The second kappa shape index (κ2) is 7.31. The van der Waals surface area contributed by atoms with Crippen molar-refractivity contribution in [2.45, 2.75) is 19.3 Å². The SMILES string of the molecule is O=C(CCCc1ccccn1)Nc1cccc(-c2nnco2)c1. The van der Waals surface area contributed by atoms with Crippen LogP contribution in [0.1, 0.15) is 18.5 Å². The van der Waals surface area contributed by atoms with Gasteiger partial charge in [0, 0.05) is 29.6 Å². The number of aromatic nitrogens is 3. The molecule has 0 atom stereocenters. The van der Waals surface area contributed by atoms with Crippen LogP contribution < -0.4 is 5.32 Å². The topological polar surface area (TPSA) is 80.9 Å². The lowest BCUT2D eigenvalue weighted by Gasteiger charge is -2.06. The molecule has 2 heterocycles. The number of hydrogen-bond donors (Lipinski definition) is 1. The summed E-state index contributed by atoms with van der Waals surface area (Å²) in [6.07, 6.45) is 5.03. The summed E-state index contributed by atoms with van der Waals surface area (Å²) < 4.78 is 5.15. The highest BCUT2D eigenvalue weighted by atomic mass is 16.4. The predicted octanol–water partition coefficient (Wildman–Crippen LogP) is 3.09. The van der Waals surface area contributed by atoms with Crippen LogP contribution in [0.3, 0.4) is 0 Å². The Morgan fingerprint density at radius 2 is 2.13 bits per heavy atom. The lowest BCUT2D eigenvalue weighted by molar-refractivity contribution is -0.116. The number of hydrogen-bond acceptors (Lipinski definition) is 5. The van der Waals surface area contributed by atoms with E-state index in [4.69, 9.17) is 4.42 Å². The molecule has 0 bridgehead atoms. The third-order valence-electron chi connectivity index (χ3n) is 3.32. The molecule has 0 unspecified atom stereocenters. The highest BCUT2D eigenvalue weighted by molar-refractivity contribution is 5.91. The molecule has 0 spiro atoms. The molecular weight excluding hydrogens is 292 g/mol. The van der Waals surface area contributed by atoms with Crippen LogP contribution in [0, 0.1) is 0 Å². The zero-order valence-corrected chi connectivity index (χ0v) is 12.5. The summed E-state index contributed by atoms with van der Waals surface area (Å²) in [5.41, 5.74) is 2.48. The number of amides is 1. The van der Waals surface area contributed by atoms with Crippen LogP contribution >= 0.6 is 0 Å². The molecule has 1 aromatic carbocycles. The number of carbonyl (C=O) groups excluding carboxylic acids is 1. The first kappa shape index (κ1) is 14.9. The molecule has 3 aromatic rings. The zero-order valence-electron chi connectivity index (χ0n) is 12.5. The van der Waals surface area contributed by atoms with Crippen molar-refractivity contribution in [2.24, 2.45) is 0 Å². The summed E-state index contributed by atoms with van der Waals surface area (Å²) in [7, 11) is 0. The molecule has 3 rings (SSSR count). The van der Waals surface area contributed by atoms with Gasteiger partial charge in [-0.05, 0) is 43.2 Å². The van der Waals surface area contributed by atoms with Gasteiger partial charge in [0.1, 0.15) is 0 Å². The average molecular weight is 308 g/mol. The van der Waals surface area contributed by atoms with Gasteiger partial charge in [0.2, 0.25) is 18.2 Å². The molecule has 6 heteroatoms. The fourth-order valence-electron chi connectivity index (χ4n) is 2.23. The van der Waals surface area contributed by atoms with Crippen molar-refractivity contribution in [3.05, 3.63) is 60.7 Å². The van der Waals surface area contributed by atoms with Gasteiger partial charge in [0.05, 0.1) is 0 Å². The third kappa shape index (κ3) is 4.23. The van der Waals surface area contributed by atoms with Gasteiger partial charge in [-0.3, -0.25) is 9.78 Å². The highest BCUT2D eigenvalue weighted by Crippen LogP contribution is 2.20. The molecule has 0 aliphatic heterocycles. The first-order valence-corrected chi connectivity index (χ1v) is 7.37. The zero-order chi connectivity index (χ0) is 15.9. The maximum Gasteiger partial charge on any atom is 0.247 e. The third-order valence-corrected chi connectivity index (χ3v) is 3.32. The van der Waals surface area contributed by atoms with E-state index in [1.807, 2.05) is 42.5 Å². The molecule has 0 saturated carbocycles. The molecule has 6 nitrogen and oxygen atoms in total. The minimum atomic E-state index is -0.0244. The van der Waals surface area contributed by atoms with E-state index in [1.54, 1.807) is 6.20 Å². The number of nitrogens with one attached hydrogen (secondary N) is 1. The van der Waals surface area contributed by atoms with Crippen molar-refractivity contribution in [2.75, 3.05) is 5.32 Å². The smallest absolute Gasteiger partial charge is 0.247 e. The van der Waals surface area contributed by atoms with Crippen LogP contribution in [-0.2, 0) is 11.2 Å². The summed E-state index contributed by atoms with van der Waals surface area (Å²) in [6, 6.07) is 13.1. The van der Waals surface area contributed by atoms with Gasteiger partial charge in [-0.2, -0.15) is 0 Å². The second-order valence-electron chi connectivity index (χ2n) is 5.05. The maximum absolute atomic E-state index is 12.0. The van der Waals surface area contributed by atoms with Gasteiger partial charge >= 0.3 is 0 Å². The Labute approximate surface area is 133 Å². The van der Waals surface area contributed by atoms with Crippen molar-refractivity contribution < 1.29 is 9.21 Å². The normalized spacial score (nSPS) is 10.4. The van der Waals surface area contributed by atoms with E-state index in [9.17, 15) is 4.79 Å². The van der Waals surface area contributed by atoms with Crippen LogP contribution in [0.4, 0.5) is 5.69 Å². The van der Waals surface area contributed by atoms with Gasteiger partial charge in [0.25, 0.3) is 0 Å². The minimum Gasteiger partial charge on any atom is -0.423 e. The number of rotatable bonds is 6. The molecule has 0 aliphatic rings. The molecule has 0 saturated heterocycles. The van der Waals surface area contributed by atoms with Gasteiger partial charge in [0.15, 0.2) is 0 Å². The largest absolute Gasteiger partial charge is 0.423 e. The standard InChI is InChI=1S/C17H16N4O2/c22-16(9-4-7-14-6-1-2-10-18-14)20-15-8-3-5-13(11-15)17-21-19-12-23-17/h1-3,5-6,8,10-12H,4,7,9H2,(H,20,22). The van der Waals surface area contributed by atoms with E-state index < -0.39 is 0 Å². The molecule has 23 heavy (non-hydrogen) atoms. The summed E-state index contributed by atoms with van der Waals surface area (Å²) in [6.45, 7) is 0. The van der Waals surface area contributed by atoms with Gasteiger partial charge < -0.3 is 9.73 Å². The van der Waals surface area contributed by atoms with Crippen molar-refractivity contribution in [1.29, 1.82) is 0 Å². The number of aryl methyl sites for hydroxylation is 1. The maximum atomic E-state index is 12.0. The Morgan fingerprint density at radius 1 is 1.17 bits per heavy atom. The monoisotopic (exact) mass is 308 g/mol. The number of carbonyl (C=O) groups is 1. The van der Waals surface area contributed by atoms with Crippen molar-refractivity contribution >= 4 is 11.6 Å². The highest BCUT2D eigenvalue weighted by Gasteiger charge is 2.07. The van der Waals surface area contributed by atoms with E-state index >= 15 is 0 Å². The van der Waals surface area contributed by atoms with Gasteiger partial charge in [-0.15, -0.1) is 10.2 Å². The summed E-state index contributed by atoms with van der Waals surface area (Å²) in [4.78, 5) is 16.3. The van der Waals surface area contributed by atoms with E-state index in [0.717, 1.165) is 24.1 Å². The summed E-state index contributed by atoms with van der Waals surface area (Å²) in [5, 5.41) is 10.4. The number of nitrogens with zero attached hydrogens (tertiary/aromatic N) is 3. The molecule has 0 aliphatic carbocycles. The van der Waals surface area contributed by atoms with Crippen molar-refractivity contribution in [3.8, 4) is 11.5 Å². The lowest BCUT2D eigenvalue weighted by atomic mass is 10.1. The Hall–Kier alpha value is -3.02. The van der Waals surface area contributed by atoms with Crippen LogP contribution in [-0.4, -0.2) is 21.1 Å². The Kier molecular flexibility index (Phi) is 4.73. The van der Waals surface area contributed by atoms with Gasteiger partial charge in [-0.25, -0.2) is 0 Å². The van der Waals surface area contributed by atoms with Crippen molar-refractivity contribution in [1.82, 2.24) is 15.2 Å². The lowest BCUT2D eigenvalue weighted by Crippen LogP contribution is -2.11. The predicted molar refractivity (Wildman–Crippen MR) is 85.5 cm³/mol. The Morgan fingerprint density at radius 3 is 2.91 bits per heavy atom. The van der Waals surface area contributed by atoms with Gasteiger partial charge in [-0.1, -0.05) is 12.1 Å². The molecule has 0 radical (unpaired) electrons. The van der Waals surface area contributed by atoms with Crippen LogP contribution in [0.25, 0.3) is 11.5 Å². The quantitative estimate of drug-likeness (QED) is 0.756. The fourth-order valence-corrected chi connectivity index (χ4v) is 2.23. The number of anilines is 1. The fraction of sp³-hybridized carbons (Fsp3) is 0.176. The van der Waals surface area contributed by atoms with E-state index in [0.29, 0.717) is 18.0 Å². The summed E-state index contributed by atoms with van der Waals surface area (Å²) in [5.74, 6) is 0.403. The molecule has 1 amide bonds. The molecule has 2 aromatic heterocycles. The van der Waals surface area contributed by atoms with Crippen LogP contribution in [0.15, 0.2) is 59.5 Å². The first-order valence-electron chi connectivity index (χ1n) is 7.37. The number of pyridine rings is 1. The Bertz CT molecular complexity index is 757. The molecule has 1 N–H and O–H groups in total. The van der Waals surface area contributed by atoms with E-state index in [-0.39, 0.29) is 5.91 Å². The molecule has 0 fully saturated rings. The molecular formula is C17H16N4O2. The second-order valence-corrected chi connectivity index (χ2v) is 5.05. The number of benzene rings is 1.